The molecule has 0 saturated carbocycles. The van der Waals surface area contributed by atoms with E-state index < -0.39 is 6.10 Å². The first-order valence-electron chi connectivity index (χ1n) is 4.40. The van der Waals surface area contributed by atoms with Crippen molar-refractivity contribution in [1.29, 1.82) is 0 Å². The zero-order valence-electron chi connectivity index (χ0n) is 7.43. The maximum absolute atomic E-state index is 9.26. The molecular formula is C8H18O. The molecule has 0 aliphatic heterocycles. The first kappa shape index (κ1) is 7.07. The Morgan fingerprint density at radius 1 is 1.44 bits per heavy atom. The van der Waals surface area contributed by atoms with Gasteiger partial charge in [-0.2, -0.15) is 0 Å². The first-order chi connectivity index (χ1) is 4.72. The van der Waals surface area contributed by atoms with Gasteiger partial charge in [0.05, 0.1) is 6.10 Å². The zero-order chi connectivity index (χ0) is 7.98. The molecule has 0 saturated heterocycles. The van der Waals surface area contributed by atoms with Gasteiger partial charge in [-0.1, -0.05) is 33.1 Å². The summed E-state index contributed by atoms with van der Waals surface area (Å²) in [4.78, 5) is 0. The summed E-state index contributed by atoms with van der Waals surface area (Å²) in [5.41, 5.74) is 0. The molecule has 1 heteroatoms. The average molecular weight is 131 g/mol. The highest BCUT2D eigenvalue weighted by Gasteiger charge is 1.99. The van der Waals surface area contributed by atoms with Gasteiger partial charge in [-0.05, 0) is 12.8 Å². The number of aliphatic hydroxyl groups excluding tert-OH is 1. The molecule has 0 bridgehead atoms. The number of rotatable bonds is 5. The Bertz CT molecular complexity index is 75.7. The van der Waals surface area contributed by atoms with Gasteiger partial charge in [0.15, 0.2) is 0 Å². The number of hydrogen-bond donors (Lipinski definition) is 1. The molecule has 1 nitrogen and oxygen atoms in total. The molecule has 0 aromatic rings. The maximum Gasteiger partial charge on any atom is 0.0540 e. The molecule has 1 N–H and O–H groups in total. The normalized spacial score (nSPS) is 18.8. The minimum Gasteiger partial charge on any atom is -0.393 e. The van der Waals surface area contributed by atoms with Gasteiger partial charge in [0.25, 0.3) is 0 Å². The zero-order valence-corrected chi connectivity index (χ0v) is 6.43. The Hall–Kier alpha value is -0.0400. The van der Waals surface area contributed by atoms with Crippen LogP contribution in [0.4, 0.5) is 0 Å². The Labute approximate surface area is 59.5 Å². The molecule has 0 aromatic carbocycles. The lowest BCUT2D eigenvalue weighted by atomic mass is 10.1. The van der Waals surface area contributed by atoms with Crippen LogP contribution in [0.3, 0.4) is 0 Å². The van der Waals surface area contributed by atoms with Crippen molar-refractivity contribution in [2.75, 3.05) is 0 Å². The van der Waals surface area contributed by atoms with Crippen molar-refractivity contribution >= 4 is 0 Å². The summed E-state index contributed by atoms with van der Waals surface area (Å²) in [7, 11) is 0. The summed E-state index contributed by atoms with van der Waals surface area (Å²) in [6.45, 7) is 4.03. The van der Waals surface area contributed by atoms with Crippen molar-refractivity contribution in [3.8, 4) is 0 Å². The summed E-state index contributed by atoms with van der Waals surface area (Å²) in [5.74, 6) is 0. The van der Waals surface area contributed by atoms with Gasteiger partial charge in [0, 0.05) is 1.37 Å². The predicted octanol–water partition coefficient (Wildman–Crippen LogP) is 2.34. The fourth-order valence-electron chi connectivity index (χ4n) is 0.803. The minimum atomic E-state index is -0.398. The van der Waals surface area contributed by atoms with Crippen LogP contribution in [0, 0.1) is 0 Å². The highest BCUT2D eigenvalue weighted by atomic mass is 16.3. The summed E-state index contributed by atoms with van der Waals surface area (Å²) in [6.07, 6.45) is 3.02. The maximum atomic E-state index is 9.26. The molecule has 0 fully saturated rings. The summed E-state index contributed by atoms with van der Waals surface area (Å²) < 4.78 is 7.36. The SMILES string of the molecule is [2H][C@H](CC)[C@@H](O)CCCC. The Kier molecular flexibility index (Phi) is 4.78. The van der Waals surface area contributed by atoms with E-state index in [9.17, 15) is 5.11 Å². The van der Waals surface area contributed by atoms with Crippen molar-refractivity contribution in [1.82, 2.24) is 0 Å². The van der Waals surface area contributed by atoms with Crippen molar-refractivity contribution in [3.63, 3.8) is 0 Å². The highest BCUT2D eigenvalue weighted by molar-refractivity contribution is 4.52. The van der Waals surface area contributed by atoms with Crippen molar-refractivity contribution < 1.29 is 6.48 Å². The van der Waals surface area contributed by atoms with E-state index in [-0.39, 0.29) is 6.40 Å². The second kappa shape index (κ2) is 6.09. The third kappa shape index (κ3) is 5.84. The Morgan fingerprint density at radius 2 is 2.11 bits per heavy atom. The van der Waals surface area contributed by atoms with Crippen molar-refractivity contribution in [2.45, 2.75) is 52.0 Å². The van der Waals surface area contributed by atoms with Gasteiger partial charge in [-0.25, -0.2) is 0 Å². The van der Waals surface area contributed by atoms with Crippen LogP contribution in [0.25, 0.3) is 0 Å². The molecular weight excluding hydrogens is 112 g/mol. The smallest absolute Gasteiger partial charge is 0.0540 e. The van der Waals surface area contributed by atoms with Crippen LogP contribution >= 0.6 is 0 Å². The van der Waals surface area contributed by atoms with Crippen LogP contribution in [0.2, 0.25) is 0 Å². The molecule has 0 aromatic heterocycles. The van der Waals surface area contributed by atoms with E-state index in [1.165, 1.54) is 0 Å². The second-order valence-electron chi connectivity index (χ2n) is 2.35. The Morgan fingerprint density at radius 3 is 2.56 bits per heavy atom. The number of hydrogen-bond acceptors (Lipinski definition) is 1. The van der Waals surface area contributed by atoms with Gasteiger partial charge >= 0.3 is 0 Å². The number of unbranched alkanes of at least 4 members (excludes halogenated alkanes) is 1. The third-order valence-corrected chi connectivity index (χ3v) is 1.36. The van der Waals surface area contributed by atoms with Crippen LogP contribution in [-0.4, -0.2) is 11.2 Å². The van der Waals surface area contributed by atoms with Crippen LogP contribution in [0.5, 0.6) is 0 Å². The van der Waals surface area contributed by atoms with Gasteiger partial charge in [0.2, 0.25) is 0 Å². The summed E-state index contributed by atoms with van der Waals surface area (Å²) in [6, 6.07) is 0. The van der Waals surface area contributed by atoms with E-state index in [0.29, 0.717) is 0 Å². The summed E-state index contributed by atoms with van der Waals surface area (Å²) in [5, 5.41) is 9.26. The molecule has 2 atom stereocenters. The predicted molar refractivity (Wildman–Crippen MR) is 40.4 cm³/mol. The Balaban J connectivity index is 3.31. The molecule has 0 radical (unpaired) electrons. The second-order valence-corrected chi connectivity index (χ2v) is 2.35. The molecule has 0 amide bonds. The largest absolute Gasteiger partial charge is 0.393 e. The van der Waals surface area contributed by atoms with Crippen LogP contribution in [0.15, 0.2) is 0 Å². The van der Waals surface area contributed by atoms with E-state index in [1.54, 1.807) is 0 Å². The lowest BCUT2D eigenvalue weighted by Gasteiger charge is -2.06. The molecule has 0 rings (SSSR count). The first-order valence-corrected chi connectivity index (χ1v) is 3.82. The molecule has 0 spiro atoms. The molecule has 0 heterocycles. The number of aliphatic hydroxyl groups is 1. The van der Waals surface area contributed by atoms with Crippen LogP contribution in [0.1, 0.15) is 47.3 Å². The van der Waals surface area contributed by atoms with Crippen LogP contribution < -0.4 is 0 Å². The molecule has 9 heavy (non-hydrogen) atoms. The van der Waals surface area contributed by atoms with Gasteiger partial charge < -0.3 is 5.11 Å². The highest BCUT2D eigenvalue weighted by Crippen LogP contribution is 2.05. The quantitative estimate of drug-likeness (QED) is 0.607. The lowest BCUT2D eigenvalue weighted by Crippen LogP contribution is -2.04. The average Bonchev–Trinajstić information content (AvgIpc) is 1.98. The molecule has 56 valence electrons. The van der Waals surface area contributed by atoms with Gasteiger partial charge in [-0.15, -0.1) is 0 Å². The van der Waals surface area contributed by atoms with E-state index in [2.05, 4.69) is 6.92 Å². The van der Waals surface area contributed by atoms with E-state index in [1.807, 2.05) is 6.92 Å². The van der Waals surface area contributed by atoms with Crippen molar-refractivity contribution in [3.05, 3.63) is 0 Å². The molecule has 0 unspecified atom stereocenters. The van der Waals surface area contributed by atoms with E-state index >= 15 is 0 Å². The van der Waals surface area contributed by atoms with E-state index in [4.69, 9.17) is 1.37 Å². The molecule has 0 aliphatic carbocycles. The van der Waals surface area contributed by atoms with E-state index in [0.717, 1.165) is 25.7 Å². The third-order valence-electron chi connectivity index (χ3n) is 1.36. The lowest BCUT2D eigenvalue weighted by molar-refractivity contribution is 0.150. The van der Waals surface area contributed by atoms with Gasteiger partial charge in [0.1, 0.15) is 0 Å². The monoisotopic (exact) mass is 131 g/mol. The topological polar surface area (TPSA) is 20.2 Å². The van der Waals surface area contributed by atoms with Crippen molar-refractivity contribution in [2.24, 2.45) is 0 Å². The van der Waals surface area contributed by atoms with Gasteiger partial charge in [-0.3, -0.25) is 0 Å². The standard InChI is InChI=1S/C8H18O/c1-3-5-7-8(9)6-4-2/h8-9H,3-7H2,1-2H3/t8-/m1/s1/i6D/t6-,8-. The fourth-order valence-corrected chi connectivity index (χ4v) is 0.803. The minimum absolute atomic E-state index is 0.272. The fraction of sp³-hybridized carbons (Fsp3) is 1.00. The van der Waals surface area contributed by atoms with Crippen LogP contribution in [-0.2, 0) is 0 Å². The summed E-state index contributed by atoms with van der Waals surface area (Å²) >= 11 is 0. The molecule has 0 aliphatic rings.